The van der Waals surface area contributed by atoms with Crippen LogP contribution in [-0.4, -0.2) is 29.7 Å². The fourth-order valence-corrected chi connectivity index (χ4v) is 4.05. The van der Waals surface area contributed by atoms with E-state index < -0.39 is 25.2 Å². The Morgan fingerprint density at radius 3 is 2.36 bits per heavy atom. The van der Waals surface area contributed by atoms with Crippen LogP contribution in [0, 0.1) is 0 Å². The van der Waals surface area contributed by atoms with Gasteiger partial charge in [0.25, 0.3) is 0 Å². The number of carbonyl (C=O) groups excluding carboxylic acids is 1. The molecule has 9 heteroatoms. The standard InChI is InChI=1S/C19H20ClF3NO3P/c1-28(26,27)12-17(10-13-5-7-15(8-6-13)19(21,22)23)24-18(25)11-14-3-2-4-16(20)9-14/h2-9,17H,10-12H2,1H3,(H,24,25)(H,26,27)/t17-/m1/s1. The summed E-state index contributed by atoms with van der Waals surface area (Å²) in [5, 5.41) is 3.18. The highest BCUT2D eigenvalue weighted by Crippen LogP contribution is 2.36. The minimum absolute atomic E-state index is 0.0313. The maximum Gasteiger partial charge on any atom is 0.416 e. The predicted molar refractivity (Wildman–Crippen MR) is 103 cm³/mol. The molecule has 2 aromatic carbocycles. The van der Waals surface area contributed by atoms with E-state index in [1.807, 2.05) is 0 Å². The Kier molecular flexibility index (Phi) is 7.32. The van der Waals surface area contributed by atoms with E-state index in [4.69, 9.17) is 11.6 Å². The average molecular weight is 434 g/mol. The highest BCUT2D eigenvalue weighted by Gasteiger charge is 2.30. The number of nitrogens with one attached hydrogen (secondary N) is 1. The van der Waals surface area contributed by atoms with E-state index in [2.05, 4.69) is 5.32 Å². The van der Waals surface area contributed by atoms with Gasteiger partial charge in [0.2, 0.25) is 5.91 Å². The molecule has 152 valence electrons. The van der Waals surface area contributed by atoms with Crippen molar-refractivity contribution < 1.29 is 27.4 Å². The van der Waals surface area contributed by atoms with Gasteiger partial charge in [-0.1, -0.05) is 35.9 Å². The van der Waals surface area contributed by atoms with Crippen LogP contribution in [0.15, 0.2) is 48.5 Å². The molecule has 0 heterocycles. The first-order valence-corrected chi connectivity index (χ1v) is 11.1. The molecule has 2 atom stereocenters. The number of benzene rings is 2. The molecule has 0 saturated heterocycles. The molecule has 0 saturated carbocycles. The zero-order chi connectivity index (χ0) is 20.9. The quantitative estimate of drug-likeness (QED) is 0.630. The Balaban J connectivity index is 2.09. The van der Waals surface area contributed by atoms with Crippen LogP contribution < -0.4 is 5.32 Å². The molecule has 0 aliphatic rings. The fraction of sp³-hybridized carbons (Fsp3) is 0.316. The van der Waals surface area contributed by atoms with Crippen molar-refractivity contribution in [3.63, 3.8) is 0 Å². The summed E-state index contributed by atoms with van der Waals surface area (Å²) in [6.07, 6.45) is -4.45. The third kappa shape index (κ3) is 7.66. The second-order valence-electron chi connectivity index (χ2n) is 6.70. The summed E-state index contributed by atoms with van der Waals surface area (Å²) in [7, 11) is -3.46. The summed E-state index contributed by atoms with van der Waals surface area (Å²) < 4.78 is 49.9. The van der Waals surface area contributed by atoms with Gasteiger partial charge >= 0.3 is 6.18 Å². The molecule has 1 unspecified atom stereocenters. The van der Waals surface area contributed by atoms with Crippen LogP contribution in [-0.2, 0) is 28.4 Å². The molecule has 0 aliphatic heterocycles. The number of alkyl halides is 3. The molecule has 0 fully saturated rings. The molecule has 0 radical (unpaired) electrons. The Labute approximate surface area is 166 Å². The lowest BCUT2D eigenvalue weighted by Gasteiger charge is -2.21. The fourth-order valence-electron chi connectivity index (χ4n) is 2.80. The van der Waals surface area contributed by atoms with Crippen molar-refractivity contribution in [3.05, 3.63) is 70.2 Å². The molecule has 2 rings (SSSR count). The third-order valence-corrected chi connectivity index (χ3v) is 5.29. The van der Waals surface area contributed by atoms with Crippen molar-refractivity contribution in [1.29, 1.82) is 0 Å². The summed E-state index contributed by atoms with van der Waals surface area (Å²) in [5.41, 5.74) is 0.428. The minimum Gasteiger partial charge on any atom is -0.352 e. The summed E-state index contributed by atoms with van der Waals surface area (Å²) >= 11 is 5.89. The molecule has 4 nitrogen and oxygen atoms in total. The second-order valence-corrected chi connectivity index (χ2v) is 9.61. The Bertz CT molecular complexity index is 865. The monoisotopic (exact) mass is 433 g/mol. The highest BCUT2D eigenvalue weighted by atomic mass is 35.5. The van der Waals surface area contributed by atoms with E-state index in [0.717, 1.165) is 12.1 Å². The second kappa shape index (κ2) is 9.12. The zero-order valence-corrected chi connectivity index (χ0v) is 16.7. The lowest BCUT2D eigenvalue weighted by molar-refractivity contribution is -0.137. The van der Waals surface area contributed by atoms with Crippen LogP contribution in [0.2, 0.25) is 5.02 Å². The van der Waals surface area contributed by atoms with Gasteiger partial charge in [0.15, 0.2) is 7.37 Å². The largest absolute Gasteiger partial charge is 0.416 e. The van der Waals surface area contributed by atoms with Gasteiger partial charge in [0, 0.05) is 23.9 Å². The molecule has 0 aromatic heterocycles. The molecule has 0 spiro atoms. The summed E-state index contributed by atoms with van der Waals surface area (Å²) in [6, 6.07) is 10.6. The van der Waals surface area contributed by atoms with Crippen LogP contribution in [0.3, 0.4) is 0 Å². The summed E-state index contributed by atoms with van der Waals surface area (Å²) in [5.74, 6) is -0.368. The molecular weight excluding hydrogens is 414 g/mol. The lowest BCUT2D eigenvalue weighted by atomic mass is 10.0. The van der Waals surface area contributed by atoms with E-state index in [0.29, 0.717) is 16.1 Å². The van der Waals surface area contributed by atoms with Gasteiger partial charge in [-0.05, 0) is 41.8 Å². The van der Waals surface area contributed by atoms with E-state index >= 15 is 0 Å². The van der Waals surface area contributed by atoms with Gasteiger partial charge in [-0.3, -0.25) is 9.36 Å². The van der Waals surface area contributed by atoms with Crippen molar-refractivity contribution >= 4 is 24.9 Å². The SMILES string of the molecule is CP(=O)(O)C[C@@H](Cc1ccc(C(F)(F)F)cc1)NC(=O)Cc1cccc(Cl)c1. The molecule has 0 aliphatic carbocycles. The van der Waals surface area contributed by atoms with Crippen molar-refractivity contribution in [2.24, 2.45) is 0 Å². The average Bonchev–Trinajstić information content (AvgIpc) is 2.52. The van der Waals surface area contributed by atoms with Crippen molar-refractivity contribution in [3.8, 4) is 0 Å². The summed E-state index contributed by atoms with van der Waals surface area (Å²) in [6.45, 7) is 1.18. The smallest absolute Gasteiger partial charge is 0.352 e. The van der Waals surface area contributed by atoms with E-state index in [9.17, 15) is 27.4 Å². The number of halogens is 4. The Hall–Kier alpha value is -1.82. The van der Waals surface area contributed by atoms with Gasteiger partial charge in [-0.25, -0.2) is 0 Å². The molecule has 2 aromatic rings. The highest BCUT2D eigenvalue weighted by molar-refractivity contribution is 7.57. The molecule has 28 heavy (non-hydrogen) atoms. The number of hydrogen-bond acceptors (Lipinski definition) is 2. The van der Waals surface area contributed by atoms with Crippen molar-refractivity contribution in [1.82, 2.24) is 5.32 Å². The third-order valence-electron chi connectivity index (χ3n) is 3.94. The molecular formula is C19H20ClF3NO3P. The Morgan fingerprint density at radius 1 is 1.18 bits per heavy atom. The first-order valence-electron chi connectivity index (χ1n) is 8.41. The predicted octanol–water partition coefficient (Wildman–Crippen LogP) is 4.53. The van der Waals surface area contributed by atoms with Gasteiger partial charge in [-0.15, -0.1) is 0 Å². The van der Waals surface area contributed by atoms with Gasteiger partial charge in [0.05, 0.1) is 12.0 Å². The Morgan fingerprint density at radius 2 is 1.82 bits per heavy atom. The van der Waals surface area contributed by atoms with Crippen LogP contribution >= 0.6 is 19.0 Å². The van der Waals surface area contributed by atoms with Gasteiger partial charge in [-0.2, -0.15) is 13.2 Å². The van der Waals surface area contributed by atoms with E-state index in [1.54, 1.807) is 24.3 Å². The first-order chi connectivity index (χ1) is 12.9. The topological polar surface area (TPSA) is 66.4 Å². The van der Waals surface area contributed by atoms with Crippen molar-refractivity contribution in [2.75, 3.05) is 12.8 Å². The normalized spacial score (nSPS) is 14.9. The molecule has 1 amide bonds. The van der Waals surface area contributed by atoms with E-state index in [1.165, 1.54) is 18.8 Å². The number of rotatable bonds is 7. The van der Waals surface area contributed by atoms with Crippen molar-refractivity contribution in [2.45, 2.75) is 25.1 Å². The van der Waals surface area contributed by atoms with Crippen LogP contribution in [0.4, 0.5) is 13.2 Å². The maximum atomic E-state index is 12.7. The zero-order valence-electron chi connectivity index (χ0n) is 15.0. The van der Waals surface area contributed by atoms with Crippen LogP contribution in [0.1, 0.15) is 16.7 Å². The van der Waals surface area contributed by atoms with Crippen LogP contribution in [0.25, 0.3) is 0 Å². The number of carbonyl (C=O) groups is 1. The van der Waals surface area contributed by atoms with E-state index in [-0.39, 0.29) is 24.9 Å². The number of hydrogen-bond donors (Lipinski definition) is 2. The molecule has 0 bridgehead atoms. The maximum absolute atomic E-state index is 12.7. The minimum atomic E-state index is -4.44. The summed E-state index contributed by atoms with van der Waals surface area (Å²) in [4.78, 5) is 22.0. The first kappa shape index (κ1) is 22.5. The number of amides is 1. The van der Waals surface area contributed by atoms with Crippen LogP contribution in [0.5, 0.6) is 0 Å². The molecule has 2 N–H and O–H groups in total. The lowest BCUT2D eigenvalue weighted by Crippen LogP contribution is -2.39. The van der Waals surface area contributed by atoms with Gasteiger partial charge in [0.1, 0.15) is 0 Å². The van der Waals surface area contributed by atoms with Gasteiger partial charge < -0.3 is 10.2 Å².